The van der Waals surface area contributed by atoms with Gasteiger partial charge in [0.2, 0.25) is 0 Å². The van der Waals surface area contributed by atoms with E-state index in [2.05, 4.69) is 5.32 Å². The molecule has 0 amide bonds. The van der Waals surface area contributed by atoms with Crippen LogP contribution in [0.3, 0.4) is 0 Å². The Morgan fingerprint density at radius 2 is 0.377 bits per heavy atom. The summed E-state index contributed by atoms with van der Waals surface area (Å²) in [5, 5.41) is 2.14. The predicted molar refractivity (Wildman–Crippen MR) is 131 cm³/mol. The van der Waals surface area contributed by atoms with Crippen molar-refractivity contribution in [3.63, 3.8) is 0 Å². The van der Waals surface area contributed by atoms with Crippen molar-refractivity contribution in [2.24, 2.45) is 0 Å². The summed E-state index contributed by atoms with van der Waals surface area (Å²) in [4.78, 5) is 0. The first kappa shape index (κ1) is 58.6. The Labute approximate surface area is 315 Å². The molecule has 0 fully saturated rings. The second-order valence-electron chi connectivity index (χ2n) is 12.7. The third-order valence-corrected chi connectivity index (χ3v) is 8.26. The maximum Gasteiger partial charge on any atom is 0.460 e. The molecular formula is C26H21F34N. The van der Waals surface area contributed by atoms with E-state index >= 15 is 0 Å². The van der Waals surface area contributed by atoms with Crippen LogP contribution in [-0.4, -0.2) is 108 Å². The van der Waals surface area contributed by atoms with Crippen molar-refractivity contribution in [1.29, 1.82) is 0 Å². The summed E-state index contributed by atoms with van der Waals surface area (Å²) < 4.78 is 452. The highest BCUT2D eigenvalue weighted by Gasteiger charge is 2.96. The first-order valence-electron chi connectivity index (χ1n) is 15.3. The van der Waals surface area contributed by atoms with Gasteiger partial charge in [-0.15, -0.1) is 0 Å². The molecule has 0 rings (SSSR count). The molecule has 0 aromatic heterocycles. The van der Waals surface area contributed by atoms with Crippen LogP contribution >= 0.6 is 0 Å². The monoisotopic (exact) mass is 993 g/mol. The number of halogens is 34. The lowest BCUT2D eigenvalue weighted by Crippen LogP contribution is -2.74. The number of hydrogen-bond acceptors (Lipinski definition) is 1. The van der Waals surface area contributed by atoms with Crippen LogP contribution in [0.25, 0.3) is 0 Å². The molecule has 35 heteroatoms. The predicted octanol–water partition coefficient (Wildman–Crippen LogP) is 13.7. The molecule has 61 heavy (non-hydrogen) atoms. The summed E-state index contributed by atoms with van der Waals surface area (Å²) in [6.07, 6.45) is -27.7. The Morgan fingerprint density at radius 1 is 0.197 bits per heavy atom. The molecule has 368 valence electrons. The van der Waals surface area contributed by atoms with E-state index in [1.807, 2.05) is 0 Å². The van der Waals surface area contributed by atoms with E-state index in [4.69, 9.17) is 0 Å². The van der Waals surface area contributed by atoms with Crippen LogP contribution in [-0.2, 0) is 0 Å². The van der Waals surface area contributed by atoms with E-state index in [9.17, 15) is 149 Å². The van der Waals surface area contributed by atoms with Gasteiger partial charge in [-0.1, -0.05) is 12.8 Å². The molecule has 0 aromatic rings. The highest BCUT2D eigenvalue weighted by Crippen LogP contribution is 2.66. The summed E-state index contributed by atoms with van der Waals surface area (Å²) in [5.74, 6) is -116. The number of nitrogens with one attached hydrogen (secondary N) is 1. The van der Waals surface area contributed by atoms with Gasteiger partial charge in [-0.2, -0.15) is 149 Å². The lowest BCUT2D eigenvalue weighted by atomic mass is 9.88. The van der Waals surface area contributed by atoms with Crippen LogP contribution in [0, 0.1) is 0 Å². The Bertz CT molecular complexity index is 1330. The highest BCUT2D eigenvalue weighted by atomic mass is 19.4. The number of alkyl halides is 34. The van der Waals surface area contributed by atoms with Crippen molar-refractivity contribution in [3.8, 4) is 0 Å². The summed E-state index contributed by atoms with van der Waals surface area (Å²) in [5.41, 5.74) is 0. The van der Waals surface area contributed by atoms with Crippen LogP contribution in [0.2, 0.25) is 0 Å². The fraction of sp³-hybridized carbons (Fsp3) is 1.00. The third-order valence-electron chi connectivity index (χ3n) is 8.26. The Balaban J connectivity index is 5.41. The zero-order valence-electron chi connectivity index (χ0n) is 28.4. The van der Waals surface area contributed by atoms with Crippen molar-refractivity contribution >= 4 is 0 Å². The number of unbranched alkanes of at least 4 members (excludes halogenated alkanes) is 4. The largest absolute Gasteiger partial charge is 0.460 e. The van der Waals surface area contributed by atoms with Crippen LogP contribution in [0.15, 0.2) is 0 Å². The standard InChI is InChI=1S/C26H21F34N/c27-11(28,13(31,32)15(35,36)17(39,40)19(43,44)21(47,48)23(51,52)25(55,56)57)7-3-1-5-9-61-10-6-2-4-8-12(29,30)14(33,34)16(37,38)18(41,42)20(45,46)22(49,50)24(53,54)26(58,59)60/h61H,1-10H2. The van der Waals surface area contributed by atoms with Gasteiger partial charge >= 0.3 is 95.3 Å². The van der Waals surface area contributed by atoms with E-state index in [0.717, 1.165) is 0 Å². The molecule has 0 aromatic carbocycles. The second-order valence-corrected chi connectivity index (χ2v) is 12.7. The molecule has 0 atom stereocenters. The average Bonchev–Trinajstić information content (AvgIpc) is 3.04. The van der Waals surface area contributed by atoms with Crippen molar-refractivity contribution in [2.45, 2.75) is 147 Å². The zero-order chi connectivity index (χ0) is 49.8. The van der Waals surface area contributed by atoms with Crippen molar-refractivity contribution in [3.05, 3.63) is 0 Å². The molecule has 0 spiro atoms. The minimum atomic E-state index is -8.83. The molecule has 0 heterocycles. The van der Waals surface area contributed by atoms with Crippen LogP contribution in [0.5, 0.6) is 0 Å². The lowest BCUT2D eigenvalue weighted by molar-refractivity contribution is -0.461. The SMILES string of the molecule is FC(F)(F)C(F)(F)C(F)(F)C(F)(F)C(F)(F)C(F)(F)C(F)(F)C(F)(F)CCCCCNCCCCCC(F)(F)C(F)(F)C(F)(F)C(F)(F)C(F)(F)C(F)(F)C(F)(F)C(F)(F)F. The maximum atomic E-state index is 13.9. The Morgan fingerprint density at radius 3 is 0.574 bits per heavy atom. The van der Waals surface area contributed by atoms with Gasteiger partial charge in [-0.25, -0.2) is 0 Å². The van der Waals surface area contributed by atoms with Gasteiger partial charge in [0.1, 0.15) is 0 Å². The van der Waals surface area contributed by atoms with Gasteiger partial charge in [0.15, 0.2) is 0 Å². The summed E-state index contributed by atoms with van der Waals surface area (Å²) in [6, 6.07) is 0. The van der Waals surface area contributed by atoms with Gasteiger partial charge in [0.25, 0.3) is 0 Å². The molecule has 0 bridgehead atoms. The lowest BCUT2D eigenvalue weighted by Gasteiger charge is -2.42. The normalized spacial score (nSPS) is 16.4. The molecule has 1 N–H and O–H groups in total. The van der Waals surface area contributed by atoms with Crippen molar-refractivity contribution < 1.29 is 149 Å². The average molecular weight is 993 g/mol. The molecule has 0 unspecified atom stereocenters. The molecule has 0 saturated carbocycles. The van der Waals surface area contributed by atoms with Gasteiger partial charge in [-0.05, 0) is 38.8 Å². The first-order chi connectivity index (χ1) is 26.2. The summed E-state index contributed by atoms with van der Waals surface area (Å²) in [7, 11) is 0. The first-order valence-corrected chi connectivity index (χ1v) is 15.3. The smallest absolute Gasteiger partial charge is 0.317 e. The fourth-order valence-corrected chi connectivity index (χ4v) is 4.38. The van der Waals surface area contributed by atoms with E-state index in [1.54, 1.807) is 0 Å². The van der Waals surface area contributed by atoms with Gasteiger partial charge in [0, 0.05) is 12.8 Å². The molecular weight excluding hydrogens is 972 g/mol. The quantitative estimate of drug-likeness (QED) is 0.0751. The topological polar surface area (TPSA) is 12.0 Å². The van der Waals surface area contributed by atoms with E-state index in [0.29, 0.717) is 0 Å². The highest BCUT2D eigenvalue weighted by molar-refractivity contribution is 5.16. The Kier molecular flexibility index (Phi) is 16.2. The number of rotatable bonds is 24. The van der Waals surface area contributed by atoms with E-state index in [1.165, 1.54) is 0 Å². The van der Waals surface area contributed by atoms with Gasteiger partial charge < -0.3 is 5.32 Å². The van der Waals surface area contributed by atoms with Crippen LogP contribution < -0.4 is 5.32 Å². The second kappa shape index (κ2) is 16.9. The third kappa shape index (κ3) is 9.13. The van der Waals surface area contributed by atoms with Crippen LogP contribution in [0.4, 0.5) is 149 Å². The minimum absolute atomic E-state index is 0.604. The maximum absolute atomic E-state index is 13.9. The summed E-state index contributed by atoms with van der Waals surface area (Å²) in [6.45, 7) is -1.21. The van der Waals surface area contributed by atoms with Crippen molar-refractivity contribution in [2.75, 3.05) is 13.1 Å². The minimum Gasteiger partial charge on any atom is -0.317 e. The molecule has 1 nitrogen and oxygen atoms in total. The summed E-state index contributed by atoms with van der Waals surface area (Å²) >= 11 is 0. The van der Waals surface area contributed by atoms with Gasteiger partial charge in [0.05, 0.1) is 0 Å². The zero-order valence-corrected chi connectivity index (χ0v) is 28.4. The van der Waals surface area contributed by atoms with Crippen LogP contribution in [0.1, 0.15) is 51.4 Å². The molecule has 0 saturated heterocycles. The Hall–Kier alpha value is -2.42. The molecule has 0 aliphatic rings. The van der Waals surface area contributed by atoms with E-state index in [-0.39, 0.29) is 0 Å². The molecule has 0 aliphatic carbocycles. The van der Waals surface area contributed by atoms with E-state index < -0.39 is 160 Å². The molecule has 0 radical (unpaired) electrons. The van der Waals surface area contributed by atoms with Crippen molar-refractivity contribution in [1.82, 2.24) is 5.32 Å². The fourth-order valence-electron chi connectivity index (χ4n) is 4.38. The van der Waals surface area contributed by atoms with Gasteiger partial charge in [-0.3, -0.25) is 0 Å². The number of hydrogen-bond donors (Lipinski definition) is 1. The molecule has 0 aliphatic heterocycles.